The normalized spacial score (nSPS) is 10.4. The predicted molar refractivity (Wildman–Crippen MR) is 89.0 cm³/mol. The van der Waals surface area contributed by atoms with Gasteiger partial charge in [-0.15, -0.1) is 0 Å². The summed E-state index contributed by atoms with van der Waals surface area (Å²) < 4.78 is 0. The molecule has 1 amide bonds. The van der Waals surface area contributed by atoms with Gasteiger partial charge in [0.05, 0.1) is 5.69 Å². The second-order valence-electron chi connectivity index (χ2n) is 5.18. The number of benzene rings is 1. The molecule has 2 aromatic rings. The molecule has 0 saturated carbocycles. The van der Waals surface area contributed by atoms with Gasteiger partial charge in [-0.05, 0) is 19.9 Å². The SMILES string of the molecule is CCN(CC)c1nc(C(=O)N(C)C)cc(-c2ccccc2)n1. The van der Waals surface area contributed by atoms with Gasteiger partial charge in [0.25, 0.3) is 5.91 Å². The van der Waals surface area contributed by atoms with Crippen LogP contribution in [0, 0.1) is 0 Å². The van der Waals surface area contributed by atoms with E-state index < -0.39 is 0 Å². The quantitative estimate of drug-likeness (QED) is 0.851. The highest BCUT2D eigenvalue weighted by Crippen LogP contribution is 2.21. The van der Waals surface area contributed by atoms with Crippen molar-refractivity contribution in [2.24, 2.45) is 0 Å². The molecule has 0 radical (unpaired) electrons. The van der Waals surface area contributed by atoms with Gasteiger partial charge in [-0.3, -0.25) is 4.79 Å². The fraction of sp³-hybridized carbons (Fsp3) is 0.353. The number of amides is 1. The van der Waals surface area contributed by atoms with E-state index in [9.17, 15) is 4.79 Å². The Morgan fingerprint density at radius 1 is 1.05 bits per heavy atom. The first-order chi connectivity index (χ1) is 10.6. The van der Waals surface area contributed by atoms with Crippen molar-refractivity contribution in [3.05, 3.63) is 42.1 Å². The summed E-state index contributed by atoms with van der Waals surface area (Å²) in [4.78, 5) is 24.9. The van der Waals surface area contributed by atoms with Gasteiger partial charge in [-0.2, -0.15) is 0 Å². The highest BCUT2D eigenvalue weighted by molar-refractivity contribution is 5.93. The molecule has 0 atom stereocenters. The van der Waals surface area contributed by atoms with E-state index in [0.717, 1.165) is 24.3 Å². The maximum Gasteiger partial charge on any atom is 0.272 e. The Hall–Kier alpha value is -2.43. The summed E-state index contributed by atoms with van der Waals surface area (Å²) in [5, 5.41) is 0. The van der Waals surface area contributed by atoms with Crippen LogP contribution in [0.5, 0.6) is 0 Å². The molecule has 0 aliphatic carbocycles. The average molecular weight is 298 g/mol. The van der Waals surface area contributed by atoms with Crippen LogP contribution in [0.15, 0.2) is 36.4 Å². The molecular formula is C17H22N4O. The van der Waals surface area contributed by atoms with Gasteiger partial charge in [0.15, 0.2) is 0 Å². The van der Waals surface area contributed by atoms with Crippen molar-refractivity contribution < 1.29 is 4.79 Å². The minimum absolute atomic E-state index is 0.118. The van der Waals surface area contributed by atoms with Crippen molar-refractivity contribution in [1.82, 2.24) is 14.9 Å². The van der Waals surface area contributed by atoms with Crippen LogP contribution >= 0.6 is 0 Å². The highest BCUT2D eigenvalue weighted by Gasteiger charge is 2.16. The Bertz CT molecular complexity index is 636. The first kappa shape index (κ1) is 15.9. The molecular weight excluding hydrogens is 276 g/mol. The van der Waals surface area contributed by atoms with Gasteiger partial charge in [-0.1, -0.05) is 30.3 Å². The molecule has 0 aliphatic heterocycles. The van der Waals surface area contributed by atoms with Gasteiger partial charge < -0.3 is 9.80 Å². The van der Waals surface area contributed by atoms with Gasteiger partial charge in [-0.25, -0.2) is 9.97 Å². The first-order valence-corrected chi connectivity index (χ1v) is 7.47. The van der Waals surface area contributed by atoms with E-state index in [-0.39, 0.29) is 5.91 Å². The Morgan fingerprint density at radius 3 is 2.23 bits per heavy atom. The topological polar surface area (TPSA) is 49.3 Å². The van der Waals surface area contributed by atoms with Gasteiger partial charge >= 0.3 is 0 Å². The van der Waals surface area contributed by atoms with Crippen molar-refractivity contribution in [2.45, 2.75) is 13.8 Å². The molecule has 0 fully saturated rings. The zero-order chi connectivity index (χ0) is 16.1. The highest BCUT2D eigenvalue weighted by atomic mass is 16.2. The number of nitrogens with zero attached hydrogens (tertiary/aromatic N) is 4. The third-order valence-corrected chi connectivity index (χ3v) is 3.46. The average Bonchev–Trinajstić information content (AvgIpc) is 2.55. The summed E-state index contributed by atoms with van der Waals surface area (Å²) in [5.74, 6) is 0.476. The van der Waals surface area contributed by atoms with Crippen LogP contribution < -0.4 is 4.90 Å². The van der Waals surface area contributed by atoms with E-state index in [0.29, 0.717) is 11.6 Å². The second kappa shape index (κ2) is 7.02. The number of carbonyl (C=O) groups excluding carboxylic acids is 1. The Morgan fingerprint density at radius 2 is 1.68 bits per heavy atom. The van der Waals surface area contributed by atoms with Gasteiger partial charge in [0.2, 0.25) is 5.95 Å². The van der Waals surface area contributed by atoms with Crippen molar-refractivity contribution in [3.63, 3.8) is 0 Å². The predicted octanol–water partition coefficient (Wildman–Crippen LogP) is 2.69. The lowest BCUT2D eigenvalue weighted by atomic mass is 10.1. The summed E-state index contributed by atoms with van der Waals surface area (Å²) in [5.41, 5.74) is 2.16. The molecule has 1 aromatic heterocycles. The lowest BCUT2D eigenvalue weighted by molar-refractivity contribution is 0.0822. The van der Waals surface area contributed by atoms with Gasteiger partial charge in [0, 0.05) is 32.7 Å². The van der Waals surface area contributed by atoms with Crippen LogP contribution in [0.4, 0.5) is 5.95 Å². The number of aromatic nitrogens is 2. The zero-order valence-electron chi connectivity index (χ0n) is 13.6. The minimum Gasteiger partial charge on any atom is -0.343 e. The fourth-order valence-corrected chi connectivity index (χ4v) is 2.18. The maximum atomic E-state index is 12.3. The third-order valence-electron chi connectivity index (χ3n) is 3.46. The molecule has 0 spiro atoms. The molecule has 1 aromatic carbocycles. The van der Waals surface area contributed by atoms with Gasteiger partial charge in [0.1, 0.15) is 5.69 Å². The zero-order valence-corrected chi connectivity index (χ0v) is 13.6. The number of hydrogen-bond acceptors (Lipinski definition) is 4. The van der Waals surface area contributed by atoms with E-state index in [1.54, 1.807) is 20.2 Å². The lowest BCUT2D eigenvalue weighted by Crippen LogP contribution is -2.27. The molecule has 1 heterocycles. The molecule has 0 N–H and O–H groups in total. The molecule has 0 aliphatic rings. The third kappa shape index (κ3) is 3.42. The second-order valence-corrected chi connectivity index (χ2v) is 5.18. The molecule has 2 rings (SSSR count). The van der Waals surface area contributed by atoms with Crippen molar-refractivity contribution in [1.29, 1.82) is 0 Å². The van der Waals surface area contributed by atoms with Crippen molar-refractivity contribution >= 4 is 11.9 Å². The Kier molecular flexibility index (Phi) is 5.09. The number of carbonyl (C=O) groups is 1. The molecule has 0 bridgehead atoms. The summed E-state index contributed by atoms with van der Waals surface area (Å²) >= 11 is 0. The van der Waals surface area contributed by atoms with E-state index >= 15 is 0 Å². The summed E-state index contributed by atoms with van der Waals surface area (Å²) in [7, 11) is 3.45. The lowest BCUT2D eigenvalue weighted by Gasteiger charge is -2.20. The Labute approximate surface area is 131 Å². The summed E-state index contributed by atoms with van der Waals surface area (Å²) in [6, 6.07) is 11.6. The molecule has 22 heavy (non-hydrogen) atoms. The van der Waals surface area contributed by atoms with E-state index in [2.05, 4.69) is 23.8 Å². The molecule has 0 saturated heterocycles. The molecule has 0 unspecified atom stereocenters. The number of anilines is 1. The van der Waals surface area contributed by atoms with Crippen molar-refractivity contribution in [2.75, 3.05) is 32.1 Å². The van der Waals surface area contributed by atoms with Crippen LogP contribution in [0.25, 0.3) is 11.3 Å². The number of hydrogen-bond donors (Lipinski definition) is 0. The standard InChI is InChI=1S/C17H22N4O/c1-5-21(6-2)17-18-14(13-10-8-7-9-11-13)12-15(19-17)16(22)20(3)4/h7-12H,5-6H2,1-4H3. The molecule has 5 heteroatoms. The number of rotatable bonds is 5. The summed E-state index contributed by atoms with van der Waals surface area (Å²) in [6.07, 6.45) is 0. The largest absolute Gasteiger partial charge is 0.343 e. The van der Waals surface area contributed by atoms with E-state index in [1.807, 2.05) is 35.2 Å². The maximum absolute atomic E-state index is 12.3. The Balaban J connectivity index is 2.56. The smallest absolute Gasteiger partial charge is 0.272 e. The van der Waals surface area contributed by atoms with Crippen LogP contribution in [-0.4, -0.2) is 48.0 Å². The van der Waals surface area contributed by atoms with Crippen LogP contribution in [-0.2, 0) is 0 Å². The monoisotopic (exact) mass is 298 g/mol. The fourth-order valence-electron chi connectivity index (χ4n) is 2.18. The first-order valence-electron chi connectivity index (χ1n) is 7.47. The molecule has 116 valence electrons. The van der Waals surface area contributed by atoms with E-state index in [1.165, 1.54) is 4.90 Å². The van der Waals surface area contributed by atoms with Crippen LogP contribution in [0.3, 0.4) is 0 Å². The molecule has 5 nitrogen and oxygen atoms in total. The van der Waals surface area contributed by atoms with E-state index in [4.69, 9.17) is 0 Å². The minimum atomic E-state index is -0.118. The van der Waals surface area contributed by atoms with Crippen LogP contribution in [0.2, 0.25) is 0 Å². The van der Waals surface area contributed by atoms with Crippen molar-refractivity contribution in [3.8, 4) is 11.3 Å². The van der Waals surface area contributed by atoms with Crippen LogP contribution in [0.1, 0.15) is 24.3 Å². The summed E-state index contributed by atoms with van der Waals surface area (Å²) in [6.45, 7) is 5.69.